The summed E-state index contributed by atoms with van der Waals surface area (Å²) < 4.78 is 8.09. The van der Waals surface area contributed by atoms with E-state index < -0.39 is 0 Å². The number of fused-ring (bicyclic) bond motifs is 1. The summed E-state index contributed by atoms with van der Waals surface area (Å²) in [5.41, 5.74) is 1.31. The number of aromatic nitrogens is 2. The van der Waals surface area contributed by atoms with Gasteiger partial charge in [0.25, 0.3) is 5.56 Å². The molecule has 0 aliphatic carbocycles. The van der Waals surface area contributed by atoms with Gasteiger partial charge in [-0.1, -0.05) is 41.9 Å². The SMILES string of the molecule is CC[C@@H](C)c1nc2ccc(Br)cc2c(=O)n1N=Cc1ccccc1OC(C)C. The molecule has 3 aromatic rings. The molecule has 2 aromatic carbocycles. The average molecular weight is 442 g/mol. The van der Waals surface area contributed by atoms with Crippen molar-refractivity contribution < 1.29 is 4.74 Å². The second kappa shape index (κ2) is 8.69. The van der Waals surface area contributed by atoms with Crippen LogP contribution >= 0.6 is 15.9 Å². The topological polar surface area (TPSA) is 56.5 Å². The van der Waals surface area contributed by atoms with E-state index in [0.29, 0.717) is 16.7 Å². The predicted molar refractivity (Wildman–Crippen MR) is 118 cm³/mol. The summed E-state index contributed by atoms with van der Waals surface area (Å²) in [6.07, 6.45) is 2.57. The summed E-state index contributed by atoms with van der Waals surface area (Å²) in [4.78, 5) is 17.9. The molecule has 1 heterocycles. The van der Waals surface area contributed by atoms with E-state index in [0.717, 1.165) is 22.2 Å². The molecule has 0 radical (unpaired) electrons. The number of para-hydroxylation sites is 1. The zero-order valence-corrected chi connectivity index (χ0v) is 18.1. The van der Waals surface area contributed by atoms with Crippen molar-refractivity contribution in [3.05, 3.63) is 68.7 Å². The number of halogens is 1. The summed E-state index contributed by atoms with van der Waals surface area (Å²) in [5, 5.41) is 5.05. The molecule has 6 heteroatoms. The van der Waals surface area contributed by atoms with Gasteiger partial charge in [-0.2, -0.15) is 9.78 Å². The molecule has 146 valence electrons. The maximum Gasteiger partial charge on any atom is 0.282 e. The lowest BCUT2D eigenvalue weighted by Gasteiger charge is -2.14. The first-order valence-corrected chi connectivity index (χ1v) is 10.2. The van der Waals surface area contributed by atoms with Gasteiger partial charge in [0, 0.05) is 16.0 Å². The van der Waals surface area contributed by atoms with Crippen molar-refractivity contribution in [2.75, 3.05) is 0 Å². The van der Waals surface area contributed by atoms with Crippen LogP contribution in [0.5, 0.6) is 5.75 Å². The predicted octanol–water partition coefficient (Wildman–Crippen LogP) is 5.34. The van der Waals surface area contributed by atoms with Gasteiger partial charge in [-0.3, -0.25) is 4.79 Å². The van der Waals surface area contributed by atoms with Gasteiger partial charge in [0.2, 0.25) is 0 Å². The minimum atomic E-state index is -0.180. The molecule has 0 spiro atoms. The number of ether oxygens (including phenoxy) is 1. The molecule has 0 N–H and O–H groups in total. The Bertz CT molecular complexity index is 1070. The first-order valence-electron chi connectivity index (χ1n) is 9.43. The maximum absolute atomic E-state index is 13.2. The number of rotatable bonds is 6. The van der Waals surface area contributed by atoms with Crippen LogP contribution in [0.25, 0.3) is 10.9 Å². The van der Waals surface area contributed by atoms with Gasteiger partial charge in [-0.25, -0.2) is 4.98 Å². The minimum absolute atomic E-state index is 0.0487. The summed E-state index contributed by atoms with van der Waals surface area (Å²) >= 11 is 3.43. The Labute approximate surface area is 173 Å². The highest BCUT2D eigenvalue weighted by molar-refractivity contribution is 9.10. The summed E-state index contributed by atoms with van der Waals surface area (Å²) in [5.74, 6) is 1.48. The monoisotopic (exact) mass is 441 g/mol. The van der Waals surface area contributed by atoms with Gasteiger partial charge in [0.15, 0.2) is 0 Å². The number of nitrogens with zero attached hydrogens (tertiary/aromatic N) is 3. The molecule has 0 amide bonds. The van der Waals surface area contributed by atoms with Crippen LogP contribution in [0.2, 0.25) is 0 Å². The van der Waals surface area contributed by atoms with Crippen LogP contribution in [0.4, 0.5) is 0 Å². The van der Waals surface area contributed by atoms with Crippen LogP contribution < -0.4 is 10.3 Å². The minimum Gasteiger partial charge on any atom is -0.490 e. The molecule has 5 nitrogen and oxygen atoms in total. The van der Waals surface area contributed by atoms with E-state index in [4.69, 9.17) is 9.72 Å². The highest BCUT2D eigenvalue weighted by atomic mass is 79.9. The van der Waals surface area contributed by atoms with E-state index in [-0.39, 0.29) is 17.6 Å². The first kappa shape index (κ1) is 20.3. The molecule has 0 saturated carbocycles. The lowest BCUT2D eigenvalue weighted by Crippen LogP contribution is -2.23. The maximum atomic E-state index is 13.2. The van der Waals surface area contributed by atoms with E-state index >= 15 is 0 Å². The molecule has 0 aliphatic heterocycles. The smallest absolute Gasteiger partial charge is 0.282 e. The van der Waals surface area contributed by atoms with Crippen LogP contribution in [-0.2, 0) is 0 Å². The number of hydrogen-bond acceptors (Lipinski definition) is 4. The van der Waals surface area contributed by atoms with E-state index in [9.17, 15) is 4.79 Å². The molecule has 0 bridgehead atoms. The normalized spacial score (nSPS) is 12.8. The highest BCUT2D eigenvalue weighted by Gasteiger charge is 2.15. The van der Waals surface area contributed by atoms with Crippen molar-refractivity contribution in [3.8, 4) is 5.75 Å². The first-order chi connectivity index (χ1) is 13.4. The van der Waals surface area contributed by atoms with Crippen LogP contribution in [0.1, 0.15) is 51.4 Å². The second-order valence-electron chi connectivity index (χ2n) is 7.01. The highest BCUT2D eigenvalue weighted by Crippen LogP contribution is 2.21. The average Bonchev–Trinajstić information content (AvgIpc) is 2.67. The van der Waals surface area contributed by atoms with E-state index in [1.807, 2.05) is 57.2 Å². The third kappa shape index (κ3) is 4.33. The van der Waals surface area contributed by atoms with Crippen molar-refractivity contribution >= 4 is 33.0 Å². The Morgan fingerprint density at radius 3 is 2.68 bits per heavy atom. The molecule has 0 aliphatic rings. The van der Waals surface area contributed by atoms with Crippen LogP contribution in [0.15, 0.2) is 56.8 Å². The quantitative estimate of drug-likeness (QED) is 0.484. The Kier molecular flexibility index (Phi) is 6.29. The Morgan fingerprint density at radius 2 is 1.96 bits per heavy atom. The molecule has 1 atom stereocenters. The third-order valence-electron chi connectivity index (χ3n) is 4.48. The van der Waals surface area contributed by atoms with Gasteiger partial charge in [-0.05, 0) is 50.6 Å². The molecule has 3 rings (SSSR count). The molecule has 0 fully saturated rings. The molecular formula is C22H24BrN3O2. The number of hydrogen-bond donors (Lipinski definition) is 0. The number of benzene rings is 2. The molecule has 0 saturated heterocycles. The van der Waals surface area contributed by atoms with Gasteiger partial charge in [-0.15, -0.1) is 0 Å². The van der Waals surface area contributed by atoms with Crippen molar-refractivity contribution in [1.82, 2.24) is 9.66 Å². The van der Waals surface area contributed by atoms with Crippen molar-refractivity contribution in [1.29, 1.82) is 0 Å². The standard InChI is InChI=1S/C22H24BrN3O2/c1-5-15(4)21-25-19-11-10-17(23)12-18(19)22(27)26(21)24-13-16-8-6-7-9-20(16)28-14(2)3/h6-15H,5H2,1-4H3/t15-/m1/s1. The fourth-order valence-electron chi connectivity index (χ4n) is 2.85. The summed E-state index contributed by atoms with van der Waals surface area (Å²) in [6.45, 7) is 8.08. The third-order valence-corrected chi connectivity index (χ3v) is 4.97. The molecule has 1 aromatic heterocycles. The second-order valence-corrected chi connectivity index (χ2v) is 7.92. The zero-order valence-electron chi connectivity index (χ0n) is 16.5. The van der Waals surface area contributed by atoms with E-state index in [1.165, 1.54) is 4.68 Å². The van der Waals surface area contributed by atoms with Gasteiger partial charge < -0.3 is 4.74 Å². The zero-order chi connectivity index (χ0) is 20.3. The lowest BCUT2D eigenvalue weighted by molar-refractivity contribution is 0.242. The summed E-state index contributed by atoms with van der Waals surface area (Å²) in [7, 11) is 0. The van der Waals surface area contributed by atoms with Crippen LogP contribution in [0, 0.1) is 0 Å². The van der Waals surface area contributed by atoms with E-state index in [1.54, 1.807) is 12.3 Å². The Balaban J connectivity index is 2.16. The van der Waals surface area contributed by atoms with Crippen molar-refractivity contribution in [3.63, 3.8) is 0 Å². The van der Waals surface area contributed by atoms with Crippen molar-refractivity contribution in [2.24, 2.45) is 5.10 Å². The lowest BCUT2D eigenvalue weighted by atomic mass is 10.1. The van der Waals surface area contributed by atoms with Crippen molar-refractivity contribution in [2.45, 2.75) is 46.1 Å². The Hall–Kier alpha value is -2.47. The fourth-order valence-corrected chi connectivity index (χ4v) is 3.21. The molecule has 28 heavy (non-hydrogen) atoms. The van der Waals surface area contributed by atoms with E-state index in [2.05, 4.69) is 28.0 Å². The Morgan fingerprint density at radius 1 is 1.21 bits per heavy atom. The van der Waals surface area contributed by atoms with Gasteiger partial charge >= 0.3 is 0 Å². The van der Waals surface area contributed by atoms with Gasteiger partial charge in [0.05, 0.1) is 23.2 Å². The molecular weight excluding hydrogens is 418 g/mol. The molecule has 0 unspecified atom stereocenters. The van der Waals surface area contributed by atoms with Gasteiger partial charge in [0.1, 0.15) is 11.6 Å². The summed E-state index contributed by atoms with van der Waals surface area (Å²) in [6, 6.07) is 13.2. The largest absolute Gasteiger partial charge is 0.490 e. The fraction of sp³-hybridized carbons (Fsp3) is 0.318. The van der Waals surface area contributed by atoms with Crippen LogP contribution in [-0.4, -0.2) is 22.0 Å². The van der Waals surface area contributed by atoms with Crippen LogP contribution in [0.3, 0.4) is 0 Å².